The Labute approximate surface area is 185 Å². The van der Waals surface area contributed by atoms with Crippen molar-refractivity contribution in [3.8, 4) is 6.01 Å². The number of hydrogen-bond donors (Lipinski definition) is 1. The number of hydrogen-bond acceptors (Lipinski definition) is 8. The summed E-state index contributed by atoms with van der Waals surface area (Å²) in [4.78, 5) is 16.2. The van der Waals surface area contributed by atoms with Gasteiger partial charge in [0.2, 0.25) is 0 Å². The lowest BCUT2D eigenvalue weighted by atomic mass is 9.93. The van der Waals surface area contributed by atoms with Crippen LogP contribution in [0.5, 0.6) is 6.01 Å². The molecule has 0 atom stereocenters. The average Bonchev–Trinajstić information content (AvgIpc) is 3.50. The topological polar surface area (TPSA) is 94.1 Å². The van der Waals surface area contributed by atoms with Crippen LogP contribution in [-0.2, 0) is 4.74 Å². The predicted octanol–water partition coefficient (Wildman–Crippen LogP) is 2.41. The second-order valence-electron chi connectivity index (χ2n) is 8.33. The van der Waals surface area contributed by atoms with Crippen LogP contribution in [0.2, 0.25) is 0 Å². The standard InChI is InChI=1S/C22H26N8O2/c1-3-17(4-2-16(1)25-18-6-9-30-19(26-18)5-7-24-30)32-22-27-21(28-11-13-31-14-12-28)15-20-23-8-10-29(20)22/h5-10,15-17H,1-4,11-14H2,(H,25,26). The Balaban J connectivity index is 1.12. The maximum absolute atomic E-state index is 6.40. The summed E-state index contributed by atoms with van der Waals surface area (Å²) < 4.78 is 15.6. The molecule has 1 saturated heterocycles. The van der Waals surface area contributed by atoms with E-state index in [1.165, 1.54) is 0 Å². The molecule has 0 unspecified atom stereocenters. The molecule has 10 heteroatoms. The first kappa shape index (κ1) is 19.3. The summed E-state index contributed by atoms with van der Waals surface area (Å²) in [7, 11) is 0. The van der Waals surface area contributed by atoms with Gasteiger partial charge in [-0.05, 0) is 31.7 Å². The fourth-order valence-corrected chi connectivity index (χ4v) is 4.50. The highest BCUT2D eigenvalue weighted by Crippen LogP contribution is 2.27. The Morgan fingerprint density at radius 1 is 0.969 bits per heavy atom. The van der Waals surface area contributed by atoms with E-state index < -0.39 is 0 Å². The Hall–Kier alpha value is -3.40. The van der Waals surface area contributed by atoms with Crippen LogP contribution in [0.1, 0.15) is 25.7 Å². The van der Waals surface area contributed by atoms with Gasteiger partial charge in [-0.15, -0.1) is 0 Å². The normalized spacial score (nSPS) is 21.8. The molecule has 32 heavy (non-hydrogen) atoms. The number of ether oxygens (including phenoxy) is 2. The molecule has 0 spiro atoms. The van der Waals surface area contributed by atoms with Crippen LogP contribution in [0.3, 0.4) is 0 Å². The molecule has 1 saturated carbocycles. The van der Waals surface area contributed by atoms with Crippen molar-refractivity contribution in [1.29, 1.82) is 0 Å². The van der Waals surface area contributed by atoms with Gasteiger partial charge in [0.15, 0.2) is 5.65 Å². The molecule has 0 bridgehead atoms. The third-order valence-electron chi connectivity index (χ3n) is 6.24. The van der Waals surface area contributed by atoms with Gasteiger partial charge in [-0.25, -0.2) is 14.5 Å². The number of aromatic nitrogens is 6. The summed E-state index contributed by atoms with van der Waals surface area (Å²) in [6.45, 7) is 3.10. The molecule has 10 nitrogen and oxygen atoms in total. The fourth-order valence-electron chi connectivity index (χ4n) is 4.50. The highest BCUT2D eigenvalue weighted by Gasteiger charge is 2.25. The zero-order valence-electron chi connectivity index (χ0n) is 17.8. The fraction of sp³-hybridized carbons (Fsp3) is 0.455. The number of nitrogens with one attached hydrogen (secondary N) is 1. The van der Waals surface area contributed by atoms with Crippen molar-refractivity contribution in [1.82, 2.24) is 29.0 Å². The molecule has 0 aromatic carbocycles. The minimum Gasteiger partial charge on any atom is -0.461 e. The van der Waals surface area contributed by atoms with Crippen LogP contribution >= 0.6 is 0 Å². The van der Waals surface area contributed by atoms with Crippen molar-refractivity contribution in [2.24, 2.45) is 0 Å². The van der Waals surface area contributed by atoms with Gasteiger partial charge in [0.25, 0.3) is 0 Å². The molecule has 4 aromatic heterocycles. The summed E-state index contributed by atoms with van der Waals surface area (Å²) in [5, 5.41) is 7.77. The van der Waals surface area contributed by atoms with Crippen LogP contribution < -0.4 is 15.0 Å². The minimum atomic E-state index is 0.136. The van der Waals surface area contributed by atoms with Crippen molar-refractivity contribution >= 4 is 22.9 Å². The second-order valence-corrected chi connectivity index (χ2v) is 8.33. The minimum absolute atomic E-state index is 0.136. The molecule has 2 fully saturated rings. The molecule has 4 aromatic rings. The number of anilines is 2. The molecule has 1 aliphatic heterocycles. The molecular weight excluding hydrogens is 408 g/mol. The van der Waals surface area contributed by atoms with E-state index in [4.69, 9.17) is 14.5 Å². The summed E-state index contributed by atoms with van der Waals surface area (Å²) in [6, 6.07) is 6.90. The van der Waals surface area contributed by atoms with Crippen molar-refractivity contribution < 1.29 is 9.47 Å². The van der Waals surface area contributed by atoms with Crippen LogP contribution in [-0.4, -0.2) is 67.4 Å². The maximum atomic E-state index is 6.40. The smallest absolute Gasteiger partial charge is 0.304 e. The number of morpholine rings is 1. The zero-order chi connectivity index (χ0) is 21.3. The molecule has 2 aliphatic rings. The van der Waals surface area contributed by atoms with E-state index in [0.29, 0.717) is 12.1 Å². The zero-order valence-corrected chi connectivity index (χ0v) is 17.8. The molecule has 1 aliphatic carbocycles. The number of fused-ring (bicyclic) bond motifs is 2. The molecule has 0 amide bonds. The third kappa shape index (κ3) is 3.81. The van der Waals surface area contributed by atoms with Gasteiger partial charge in [-0.2, -0.15) is 10.1 Å². The first-order valence-corrected chi connectivity index (χ1v) is 11.2. The Kier molecular flexibility index (Phi) is 4.99. The molecule has 1 N–H and O–H groups in total. The average molecular weight is 435 g/mol. The maximum Gasteiger partial charge on any atom is 0.304 e. The SMILES string of the molecule is c1cn2c(OC3CCC(Nc4ccn5nccc5n4)CC3)nc(N3CCOCC3)cc2n1. The summed E-state index contributed by atoms with van der Waals surface area (Å²) >= 11 is 0. The van der Waals surface area contributed by atoms with Crippen LogP contribution in [0, 0.1) is 0 Å². The summed E-state index contributed by atoms with van der Waals surface area (Å²) in [5.41, 5.74) is 1.70. The van der Waals surface area contributed by atoms with E-state index in [-0.39, 0.29) is 6.10 Å². The monoisotopic (exact) mass is 434 g/mol. The summed E-state index contributed by atoms with van der Waals surface area (Å²) in [5.74, 6) is 1.79. The van der Waals surface area contributed by atoms with Gasteiger partial charge < -0.3 is 19.7 Å². The number of rotatable bonds is 5. The predicted molar refractivity (Wildman–Crippen MR) is 119 cm³/mol. The second kappa shape index (κ2) is 8.27. The lowest BCUT2D eigenvalue weighted by Gasteiger charge is -2.30. The van der Waals surface area contributed by atoms with E-state index in [1.807, 2.05) is 35.0 Å². The van der Waals surface area contributed by atoms with Gasteiger partial charge in [0.1, 0.15) is 23.4 Å². The first-order valence-electron chi connectivity index (χ1n) is 11.2. The highest BCUT2D eigenvalue weighted by atomic mass is 16.5. The molecule has 5 heterocycles. The van der Waals surface area contributed by atoms with Crippen molar-refractivity contribution in [3.05, 3.63) is 43.0 Å². The highest BCUT2D eigenvalue weighted by molar-refractivity contribution is 5.53. The molecule has 0 radical (unpaired) electrons. The quantitative estimate of drug-likeness (QED) is 0.512. The van der Waals surface area contributed by atoms with E-state index >= 15 is 0 Å². The molecule has 166 valence electrons. The number of imidazole rings is 1. The van der Waals surface area contributed by atoms with Gasteiger partial charge in [0, 0.05) is 49.9 Å². The third-order valence-corrected chi connectivity index (χ3v) is 6.24. The van der Waals surface area contributed by atoms with Crippen LogP contribution in [0.15, 0.2) is 43.0 Å². The van der Waals surface area contributed by atoms with Gasteiger partial charge >= 0.3 is 6.01 Å². The first-order chi connectivity index (χ1) is 15.8. The van der Waals surface area contributed by atoms with Gasteiger partial charge in [0.05, 0.1) is 19.4 Å². The van der Waals surface area contributed by atoms with E-state index in [9.17, 15) is 0 Å². The Morgan fingerprint density at radius 2 is 1.84 bits per heavy atom. The summed E-state index contributed by atoms with van der Waals surface area (Å²) in [6.07, 6.45) is 11.5. The van der Waals surface area contributed by atoms with E-state index in [2.05, 4.69) is 25.3 Å². The number of nitrogens with zero attached hydrogens (tertiary/aromatic N) is 7. The van der Waals surface area contributed by atoms with E-state index in [0.717, 1.165) is 74.9 Å². The largest absolute Gasteiger partial charge is 0.461 e. The van der Waals surface area contributed by atoms with Crippen LogP contribution in [0.25, 0.3) is 11.3 Å². The van der Waals surface area contributed by atoms with Gasteiger partial charge in [-0.3, -0.25) is 4.40 Å². The van der Waals surface area contributed by atoms with Crippen LogP contribution in [0.4, 0.5) is 11.6 Å². The lowest BCUT2D eigenvalue weighted by molar-refractivity contribution is 0.121. The van der Waals surface area contributed by atoms with Gasteiger partial charge in [-0.1, -0.05) is 0 Å². The lowest BCUT2D eigenvalue weighted by Crippen LogP contribution is -2.37. The molecule has 6 rings (SSSR count). The Morgan fingerprint density at radius 3 is 2.72 bits per heavy atom. The van der Waals surface area contributed by atoms with Crippen molar-refractivity contribution in [2.75, 3.05) is 36.5 Å². The van der Waals surface area contributed by atoms with E-state index in [1.54, 1.807) is 16.9 Å². The van der Waals surface area contributed by atoms with Crippen molar-refractivity contribution in [3.63, 3.8) is 0 Å². The molecular formula is C22H26N8O2. The van der Waals surface area contributed by atoms with Crippen molar-refractivity contribution in [2.45, 2.75) is 37.8 Å². The Bertz CT molecular complexity index is 1210.